The van der Waals surface area contributed by atoms with Gasteiger partial charge in [-0.05, 0) is 49.2 Å². The molecule has 1 fully saturated rings. The van der Waals surface area contributed by atoms with Gasteiger partial charge in [0.15, 0.2) is 11.6 Å². The minimum atomic E-state index is -0.541. The maximum Gasteiger partial charge on any atom is 0.277 e. The van der Waals surface area contributed by atoms with E-state index < -0.39 is 5.82 Å². The number of rotatable bonds is 5. The van der Waals surface area contributed by atoms with Crippen LogP contribution in [-0.4, -0.2) is 41.8 Å². The molecular weight excluding hydrogens is 425 g/mol. The predicted octanol–water partition coefficient (Wildman–Crippen LogP) is 2.81. The molecule has 3 aromatic rings. The Hall–Kier alpha value is -3.72. The Morgan fingerprint density at radius 2 is 1.70 bits per heavy atom. The Labute approximate surface area is 190 Å². The van der Waals surface area contributed by atoms with Crippen LogP contribution in [0, 0.1) is 5.82 Å². The molecule has 3 heterocycles. The Kier molecular flexibility index (Phi) is 5.33. The zero-order valence-electron chi connectivity index (χ0n) is 18.3. The van der Waals surface area contributed by atoms with Gasteiger partial charge in [0.1, 0.15) is 5.69 Å². The Morgan fingerprint density at radius 1 is 1.00 bits per heavy atom. The van der Waals surface area contributed by atoms with Crippen LogP contribution in [0.1, 0.15) is 34.6 Å². The molecule has 0 spiro atoms. The van der Waals surface area contributed by atoms with E-state index in [2.05, 4.69) is 5.10 Å². The van der Waals surface area contributed by atoms with Crippen LogP contribution < -0.4 is 20.3 Å². The van der Waals surface area contributed by atoms with Crippen molar-refractivity contribution >= 4 is 23.2 Å². The maximum absolute atomic E-state index is 14.4. The van der Waals surface area contributed by atoms with Gasteiger partial charge >= 0.3 is 0 Å². The molecule has 1 aromatic heterocycles. The Balaban J connectivity index is 1.50. The van der Waals surface area contributed by atoms with Gasteiger partial charge in [-0.3, -0.25) is 9.59 Å². The van der Waals surface area contributed by atoms with Crippen molar-refractivity contribution in [2.24, 2.45) is 5.73 Å². The third-order valence-corrected chi connectivity index (χ3v) is 6.22. The van der Waals surface area contributed by atoms with E-state index in [0.29, 0.717) is 43.0 Å². The van der Waals surface area contributed by atoms with Crippen molar-refractivity contribution in [3.8, 4) is 11.4 Å². The van der Waals surface area contributed by atoms with Gasteiger partial charge in [-0.2, -0.15) is 5.10 Å². The van der Waals surface area contributed by atoms with E-state index in [9.17, 15) is 14.0 Å². The third kappa shape index (κ3) is 3.54. The van der Waals surface area contributed by atoms with Gasteiger partial charge < -0.3 is 20.3 Å². The molecule has 2 amide bonds. The summed E-state index contributed by atoms with van der Waals surface area (Å²) in [4.78, 5) is 29.0. The number of hydrogen-bond acceptors (Lipinski definition) is 5. The van der Waals surface area contributed by atoms with Crippen LogP contribution >= 0.6 is 0 Å². The number of nitrogens with two attached hydrogens (primary N) is 1. The molecule has 170 valence electrons. The largest absolute Gasteiger partial charge is 0.494 e. The molecular formula is C24H24FN5O3. The van der Waals surface area contributed by atoms with Crippen molar-refractivity contribution in [1.29, 1.82) is 0 Å². The number of aromatic nitrogens is 2. The lowest BCUT2D eigenvalue weighted by Crippen LogP contribution is -2.39. The molecule has 0 saturated carbocycles. The summed E-state index contributed by atoms with van der Waals surface area (Å²) in [5, 5.41) is 4.52. The van der Waals surface area contributed by atoms with Crippen LogP contribution in [0.15, 0.2) is 42.5 Å². The minimum Gasteiger partial charge on any atom is -0.494 e. The fourth-order valence-electron chi connectivity index (χ4n) is 4.55. The van der Waals surface area contributed by atoms with Gasteiger partial charge in [0, 0.05) is 49.1 Å². The molecule has 0 bridgehead atoms. The highest BCUT2D eigenvalue weighted by Crippen LogP contribution is 2.31. The number of methoxy groups -OCH3 is 1. The number of fused-ring (bicyclic) bond motifs is 1. The molecule has 1 saturated heterocycles. The average molecular weight is 449 g/mol. The first-order chi connectivity index (χ1) is 16.0. The molecule has 8 nitrogen and oxygen atoms in total. The summed E-state index contributed by atoms with van der Waals surface area (Å²) in [6.07, 6.45) is 2.00. The fraction of sp³-hybridized carbons (Fsp3) is 0.292. The highest BCUT2D eigenvalue weighted by molar-refractivity contribution is 6.07. The van der Waals surface area contributed by atoms with Crippen LogP contribution in [0.25, 0.3) is 5.69 Å². The number of carbonyl (C=O) groups excluding carboxylic acids is 2. The molecule has 0 radical (unpaired) electrons. The first-order valence-corrected chi connectivity index (χ1v) is 10.9. The number of benzene rings is 2. The van der Waals surface area contributed by atoms with E-state index in [1.54, 1.807) is 15.9 Å². The summed E-state index contributed by atoms with van der Waals surface area (Å²) >= 11 is 0. The molecule has 5 rings (SSSR count). The zero-order valence-corrected chi connectivity index (χ0v) is 18.3. The minimum absolute atomic E-state index is 0.114. The van der Waals surface area contributed by atoms with Gasteiger partial charge in [0.2, 0.25) is 5.91 Å². The first-order valence-electron chi connectivity index (χ1n) is 10.9. The van der Waals surface area contributed by atoms with Gasteiger partial charge in [-0.15, -0.1) is 0 Å². The van der Waals surface area contributed by atoms with Crippen LogP contribution in [0.5, 0.6) is 5.75 Å². The normalized spacial score (nSPS) is 15.8. The van der Waals surface area contributed by atoms with Gasteiger partial charge in [-0.1, -0.05) is 0 Å². The lowest BCUT2D eigenvalue weighted by atomic mass is 10.0. The van der Waals surface area contributed by atoms with Crippen molar-refractivity contribution in [2.75, 3.05) is 30.0 Å². The molecule has 0 unspecified atom stereocenters. The summed E-state index contributed by atoms with van der Waals surface area (Å²) in [5.74, 6) is -0.542. The van der Waals surface area contributed by atoms with Crippen molar-refractivity contribution in [1.82, 2.24) is 9.78 Å². The highest BCUT2D eigenvalue weighted by Gasteiger charge is 2.33. The zero-order chi connectivity index (χ0) is 23.1. The van der Waals surface area contributed by atoms with Crippen LogP contribution in [-0.2, 0) is 17.8 Å². The van der Waals surface area contributed by atoms with E-state index >= 15 is 0 Å². The molecule has 2 aliphatic heterocycles. The maximum atomic E-state index is 14.4. The SMILES string of the molecule is COc1ccc(-n2nc(CN)c3c2C(=O)N(c2ccc(N4CCCC4=O)cc2)CC3)cc1F. The second kappa shape index (κ2) is 8.32. The molecule has 2 aliphatic rings. The average Bonchev–Trinajstić information content (AvgIpc) is 3.43. The second-order valence-electron chi connectivity index (χ2n) is 8.08. The van der Waals surface area contributed by atoms with E-state index in [-0.39, 0.29) is 24.1 Å². The van der Waals surface area contributed by atoms with Crippen molar-refractivity contribution in [2.45, 2.75) is 25.8 Å². The standard InChI is InChI=1S/C24H24FN5O3/c1-33-21-9-8-17(13-19(21)25)30-23-18(20(14-26)27-30)10-12-29(24(23)32)16-6-4-15(5-7-16)28-11-2-3-22(28)31/h4-9,13H,2-3,10-12,14,26H2,1H3. The number of halogens is 1. The molecule has 33 heavy (non-hydrogen) atoms. The summed E-state index contributed by atoms with van der Waals surface area (Å²) in [7, 11) is 1.40. The monoisotopic (exact) mass is 449 g/mol. The van der Waals surface area contributed by atoms with Crippen LogP contribution in [0.2, 0.25) is 0 Å². The van der Waals surface area contributed by atoms with E-state index in [0.717, 1.165) is 23.4 Å². The van der Waals surface area contributed by atoms with Gasteiger partial charge in [0.25, 0.3) is 5.91 Å². The molecule has 9 heteroatoms. The summed E-state index contributed by atoms with van der Waals surface area (Å²) in [5.41, 5.74) is 9.66. The Morgan fingerprint density at radius 3 is 2.30 bits per heavy atom. The van der Waals surface area contributed by atoms with Crippen molar-refractivity contribution in [3.63, 3.8) is 0 Å². The summed E-state index contributed by atoms with van der Waals surface area (Å²) in [6, 6.07) is 11.9. The quantitative estimate of drug-likeness (QED) is 0.647. The topological polar surface area (TPSA) is 93.7 Å². The van der Waals surface area contributed by atoms with E-state index in [1.165, 1.54) is 23.9 Å². The van der Waals surface area contributed by atoms with Crippen molar-refractivity contribution < 1.29 is 18.7 Å². The first kappa shape index (κ1) is 21.1. The summed E-state index contributed by atoms with van der Waals surface area (Å²) < 4.78 is 20.8. The summed E-state index contributed by atoms with van der Waals surface area (Å²) in [6.45, 7) is 1.37. The molecule has 0 atom stereocenters. The number of anilines is 2. The third-order valence-electron chi connectivity index (χ3n) is 6.22. The number of carbonyl (C=O) groups is 2. The highest BCUT2D eigenvalue weighted by atomic mass is 19.1. The molecule has 2 N–H and O–H groups in total. The smallest absolute Gasteiger partial charge is 0.277 e. The van der Waals surface area contributed by atoms with E-state index in [1.807, 2.05) is 24.3 Å². The number of amides is 2. The van der Waals surface area contributed by atoms with Gasteiger partial charge in [-0.25, -0.2) is 9.07 Å². The van der Waals surface area contributed by atoms with Crippen LogP contribution in [0.3, 0.4) is 0 Å². The number of hydrogen-bond donors (Lipinski definition) is 1. The second-order valence-corrected chi connectivity index (χ2v) is 8.08. The molecule has 2 aromatic carbocycles. The fourth-order valence-corrected chi connectivity index (χ4v) is 4.55. The van der Waals surface area contributed by atoms with Gasteiger partial charge in [0.05, 0.1) is 18.5 Å². The van der Waals surface area contributed by atoms with Crippen LogP contribution in [0.4, 0.5) is 15.8 Å². The number of ether oxygens (including phenoxy) is 1. The Bertz CT molecular complexity index is 1240. The van der Waals surface area contributed by atoms with E-state index in [4.69, 9.17) is 10.5 Å². The lowest BCUT2D eigenvalue weighted by molar-refractivity contribution is -0.117. The predicted molar refractivity (Wildman–Crippen MR) is 121 cm³/mol. The van der Waals surface area contributed by atoms with Crippen molar-refractivity contribution in [3.05, 3.63) is 65.2 Å². The molecule has 0 aliphatic carbocycles. The lowest BCUT2D eigenvalue weighted by Gasteiger charge is -2.28. The number of nitrogens with zero attached hydrogens (tertiary/aromatic N) is 4.